The molecule has 4 heterocycles. The number of piperazine rings is 1. The fourth-order valence-corrected chi connectivity index (χ4v) is 6.75. The molecule has 0 atom stereocenters. The van der Waals surface area contributed by atoms with Gasteiger partial charge in [-0.15, -0.1) is 0 Å². The second-order valence-electron chi connectivity index (χ2n) is 12.6. The highest BCUT2D eigenvalue weighted by Crippen LogP contribution is 2.38. The molecule has 3 aromatic carbocycles. The summed E-state index contributed by atoms with van der Waals surface area (Å²) in [6.45, 7) is 14.8. The first-order valence-corrected chi connectivity index (χ1v) is 16.5. The highest BCUT2D eigenvalue weighted by Gasteiger charge is 2.25. The summed E-state index contributed by atoms with van der Waals surface area (Å²) in [6.07, 6.45) is 3.54. The van der Waals surface area contributed by atoms with Crippen molar-refractivity contribution in [2.75, 3.05) is 91.0 Å². The minimum atomic E-state index is -0.425. The second-order valence-corrected chi connectivity index (χ2v) is 12.6. The quantitative estimate of drug-likeness (QED) is 0.136. The van der Waals surface area contributed by atoms with E-state index in [0.29, 0.717) is 51.8 Å². The predicted octanol–water partition coefficient (Wildman–Crippen LogP) is 4.30. The van der Waals surface area contributed by atoms with Crippen molar-refractivity contribution < 1.29 is 18.3 Å². The third-order valence-electron chi connectivity index (χ3n) is 9.49. The highest BCUT2D eigenvalue weighted by molar-refractivity contribution is 6.04. The summed E-state index contributed by atoms with van der Waals surface area (Å²) in [6, 6.07) is 13.6. The number of aromatic nitrogens is 1. The van der Waals surface area contributed by atoms with Crippen LogP contribution in [0.25, 0.3) is 45.1 Å². The molecule has 0 aromatic heterocycles. The number of carbonyl (C=O) groups excluding carboxylic acids is 1. The third-order valence-corrected chi connectivity index (χ3v) is 9.49. The van der Waals surface area contributed by atoms with Gasteiger partial charge in [-0.2, -0.15) is 0 Å². The van der Waals surface area contributed by atoms with Gasteiger partial charge in [0.25, 0.3) is 5.91 Å². The predicted molar refractivity (Wildman–Crippen MR) is 183 cm³/mol. The van der Waals surface area contributed by atoms with Gasteiger partial charge in [-0.05, 0) is 67.2 Å². The zero-order chi connectivity index (χ0) is 31.6. The number of pyridine rings is 1. The van der Waals surface area contributed by atoms with Crippen LogP contribution in [0.2, 0.25) is 0 Å². The Labute approximate surface area is 268 Å². The van der Waals surface area contributed by atoms with Gasteiger partial charge < -0.3 is 34.2 Å². The number of rotatable bonds is 10. The zero-order valence-corrected chi connectivity index (χ0v) is 26.6. The number of morpholine rings is 1. The first-order valence-electron chi connectivity index (χ1n) is 16.5. The van der Waals surface area contributed by atoms with Crippen molar-refractivity contribution in [3.05, 3.63) is 65.3 Å². The Morgan fingerprint density at radius 2 is 1.63 bits per heavy atom. The molecule has 0 aliphatic carbocycles. The first-order chi connectivity index (χ1) is 22.5. The summed E-state index contributed by atoms with van der Waals surface area (Å²) in [5.41, 5.74) is 3.26. The summed E-state index contributed by atoms with van der Waals surface area (Å²) < 4.78 is 30.0. The number of fused-ring (bicyclic) bond motifs is 3. The van der Waals surface area contributed by atoms with E-state index in [1.807, 2.05) is 35.0 Å². The molecular formula is C36H43FN6O3. The highest BCUT2D eigenvalue weighted by atomic mass is 19.1. The van der Waals surface area contributed by atoms with Crippen LogP contribution in [-0.2, 0) is 4.74 Å². The summed E-state index contributed by atoms with van der Waals surface area (Å²) in [7, 11) is 2.15. The molecule has 0 unspecified atom stereocenters. The van der Waals surface area contributed by atoms with Gasteiger partial charge in [-0.1, -0.05) is 30.8 Å². The SMILES string of the molecule is C=c1c(C(=O)NCCCN2CCOCC2)cn2c3cc4ccccc4cc3oc3c(NCCCN4CCN(C)CC4)c(F)cc1c3-2. The number of benzene rings is 3. The van der Waals surface area contributed by atoms with E-state index in [4.69, 9.17) is 9.15 Å². The van der Waals surface area contributed by atoms with Crippen molar-refractivity contribution in [2.24, 2.45) is 0 Å². The molecule has 0 saturated carbocycles. The number of hydrogen-bond acceptors (Lipinski definition) is 7. The first kappa shape index (κ1) is 30.7. The number of halogens is 1. The normalized spacial score (nSPS) is 17.0. The van der Waals surface area contributed by atoms with Crippen molar-refractivity contribution >= 4 is 51.0 Å². The molecule has 4 aliphatic heterocycles. The van der Waals surface area contributed by atoms with Gasteiger partial charge >= 0.3 is 0 Å². The van der Waals surface area contributed by atoms with Crippen LogP contribution in [0.4, 0.5) is 10.1 Å². The standard InChI is InChI=1S/C36H43FN6O3/c1-25-28-23-30(37)33(38-9-5-11-41-15-13-40(2)14-16-41)35-34(28)43(31-21-26-7-3-4-8-27(26)22-32(31)46-35)24-29(25)36(44)39-10-6-12-42-17-19-45-20-18-42/h3-4,7-8,21-24,38H,1,5-6,9-20H2,2H3,(H,39,44). The van der Waals surface area contributed by atoms with E-state index < -0.39 is 5.82 Å². The van der Waals surface area contributed by atoms with Crippen LogP contribution in [0, 0.1) is 5.82 Å². The summed E-state index contributed by atoms with van der Waals surface area (Å²) in [5, 5.41) is 9.53. The van der Waals surface area contributed by atoms with Crippen molar-refractivity contribution in [3.63, 3.8) is 0 Å². The average Bonchev–Trinajstić information content (AvgIpc) is 3.07. The maximum absolute atomic E-state index is 16.0. The van der Waals surface area contributed by atoms with E-state index in [1.54, 1.807) is 0 Å². The Hall–Kier alpha value is -3.96. The molecule has 2 fully saturated rings. The van der Waals surface area contributed by atoms with E-state index in [-0.39, 0.29) is 5.91 Å². The third kappa shape index (κ3) is 6.22. The van der Waals surface area contributed by atoms with Gasteiger partial charge in [0.15, 0.2) is 17.0 Å². The number of likely N-dealkylation sites (N-methyl/N-ethyl adjacent to an activating group) is 1. The second kappa shape index (κ2) is 13.4. The van der Waals surface area contributed by atoms with Gasteiger partial charge in [-0.3, -0.25) is 9.69 Å². The van der Waals surface area contributed by atoms with Crippen LogP contribution < -0.4 is 15.9 Å². The van der Waals surface area contributed by atoms with E-state index in [1.165, 1.54) is 6.07 Å². The van der Waals surface area contributed by atoms with Gasteiger partial charge in [0.2, 0.25) is 0 Å². The minimum absolute atomic E-state index is 0.223. The average molecular weight is 627 g/mol. The van der Waals surface area contributed by atoms with Crippen LogP contribution in [-0.4, -0.2) is 111 Å². The van der Waals surface area contributed by atoms with E-state index in [2.05, 4.69) is 51.1 Å². The Balaban J connectivity index is 1.22. The maximum Gasteiger partial charge on any atom is 0.253 e. The Bertz CT molecular complexity index is 1890. The molecule has 1 amide bonds. The number of hydrogen-bond donors (Lipinski definition) is 2. The lowest BCUT2D eigenvalue weighted by Crippen LogP contribution is -2.44. The van der Waals surface area contributed by atoms with Crippen LogP contribution in [0.5, 0.6) is 0 Å². The van der Waals surface area contributed by atoms with Crippen molar-refractivity contribution in [3.8, 4) is 5.69 Å². The topological polar surface area (TPSA) is 78.1 Å². The zero-order valence-electron chi connectivity index (χ0n) is 26.6. The summed E-state index contributed by atoms with van der Waals surface area (Å²) in [4.78, 5) is 20.7. The molecule has 0 spiro atoms. The lowest BCUT2D eigenvalue weighted by Gasteiger charge is -2.32. The molecule has 10 heteroatoms. The molecule has 7 rings (SSSR count). The van der Waals surface area contributed by atoms with Crippen molar-refractivity contribution in [1.29, 1.82) is 0 Å². The molecule has 2 N–H and O–H groups in total. The smallest absolute Gasteiger partial charge is 0.253 e. The number of carbonyl (C=O) groups is 1. The number of ether oxygens (including phenoxy) is 1. The van der Waals surface area contributed by atoms with Crippen molar-refractivity contribution in [2.45, 2.75) is 12.8 Å². The van der Waals surface area contributed by atoms with Gasteiger partial charge in [-0.25, -0.2) is 4.39 Å². The van der Waals surface area contributed by atoms with Crippen molar-refractivity contribution in [1.82, 2.24) is 24.6 Å². The maximum atomic E-state index is 16.0. The van der Waals surface area contributed by atoms with E-state index in [9.17, 15) is 4.79 Å². The Morgan fingerprint density at radius 3 is 2.39 bits per heavy atom. The van der Waals surface area contributed by atoms with E-state index in [0.717, 1.165) is 94.7 Å². The van der Waals surface area contributed by atoms with Gasteiger partial charge in [0, 0.05) is 63.9 Å². The largest absolute Gasteiger partial charge is 0.451 e. The number of nitrogens with zero attached hydrogens (tertiary/aromatic N) is 4. The number of amides is 1. The molecule has 2 saturated heterocycles. The number of nitrogens with one attached hydrogen (secondary N) is 2. The molecule has 4 aliphatic rings. The molecule has 46 heavy (non-hydrogen) atoms. The van der Waals surface area contributed by atoms with Crippen LogP contribution in [0.15, 0.2) is 53.1 Å². The molecule has 0 bridgehead atoms. The van der Waals surface area contributed by atoms with Crippen LogP contribution >= 0.6 is 0 Å². The Morgan fingerprint density at radius 1 is 0.935 bits per heavy atom. The molecule has 9 nitrogen and oxygen atoms in total. The molecule has 3 aromatic rings. The molecular weight excluding hydrogens is 583 g/mol. The fourth-order valence-electron chi connectivity index (χ4n) is 6.75. The fraction of sp³-hybridized carbons (Fsp3) is 0.417. The van der Waals surface area contributed by atoms with Crippen LogP contribution in [0.3, 0.4) is 0 Å². The molecule has 242 valence electrons. The number of anilines is 1. The summed E-state index contributed by atoms with van der Waals surface area (Å²) >= 11 is 0. The van der Waals surface area contributed by atoms with Gasteiger partial charge in [0.1, 0.15) is 5.69 Å². The monoisotopic (exact) mass is 626 g/mol. The molecule has 0 radical (unpaired) electrons. The minimum Gasteiger partial charge on any atom is -0.451 e. The lowest BCUT2D eigenvalue weighted by atomic mass is 10.0. The van der Waals surface area contributed by atoms with Gasteiger partial charge in [0.05, 0.1) is 30.0 Å². The van der Waals surface area contributed by atoms with Crippen LogP contribution in [0.1, 0.15) is 23.2 Å². The summed E-state index contributed by atoms with van der Waals surface area (Å²) in [5.74, 6) is -0.648. The van der Waals surface area contributed by atoms with E-state index >= 15 is 4.39 Å². The lowest BCUT2D eigenvalue weighted by molar-refractivity contribution is 0.0374. The Kier molecular flexibility index (Phi) is 8.95.